The minimum Gasteiger partial charge on any atom is -0.367 e. The van der Waals surface area contributed by atoms with Crippen molar-refractivity contribution in [3.63, 3.8) is 0 Å². The van der Waals surface area contributed by atoms with E-state index in [0.29, 0.717) is 45.9 Å². The van der Waals surface area contributed by atoms with Gasteiger partial charge in [0.15, 0.2) is 0 Å². The Morgan fingerprint density at radius 1 is 1.16 bits per heavy atom. The number of nitrogens with zero attached hydrogens (tertiary/aromatic N) is 6. The molecule has 0 amide bonds. The highest BCUT2D eigenvalue weighted by atomic mass is 32.1. The van der Waals surface area contributed by atoms with E-state index in [2.05, 4.69) is 56.0 Å². The summed E-state index contributed by atoms with van der Waals surface area (Å²) in [6.45, 7) is 10.5. The van der Waals surface area contributed by atoms with Crippen LogP contribution in [0.25, 0.3) is 10.2 Å². The van der Waals surface area contributed by atoms with Crippen LogP contribution in [0.2, 0.25) is 0 Å². The van der Waals surface area contributed by atoms with Crippen molar-refractivity contribution < 1.29 is 13.2 Å². The third-order valence-electron chi connectivity index (χ3n) is 10.3. The van der Waals surface area contributed by atoms with Crippen molar-refractivity contribution in [3.8, 4) is 6.07 Å². The Morgan fingerprint density at radius 2 is 1.95 bits per heavy atom. The molecular formula is C31H43F3N8S. The maximum atomic E-state index is 12.9. The fourth-order valence-electron chi connectivity index (χ4n) is 7.89. The second-order valence-electron chi connectivity index (χ2n) is 13.2. The van der Waals surface area contributed by atoms with Crippen molar-refractivity contribution in [2.45, 2.75) is 82.7 Å². The molecule has 12 heteroatoms. The summed E-state index contributed by atoms with van der Waals surface area (Å²) in [5.41, 5.74) is 7.01. The van der Waals surface area contributed by atoms with Crippen LogP contribution in [-0.4, -0.2) is 94.3 Å². The third-order valence-corrected chi connectivity index (χ3v) is 11.4. The van der Waals surface area contributed by atoms with E-state index >= 15 is 0 Å². The minimum atomic E-state index is -4.24. The molecule has 6 unspecified atom stereocenters. The van der Waals surface area contributed by atoms with Gasteiger partial charge < -0.3 is 20.9 Å². The number of aromatic nitrogens is 2. The first-order chi connectivity index (χ1) is 20.6. The molecule has 3 N–H and O–H groups in total. The van der Waals surface area contributed by atoms with Gasteiger partial charge in [-0.1, -0.05) is 6.92 Å². The van der Waals surface area contributed by atoms with Crippen LogP contribution < -0.4 is 11.1 Å². The summed E-state index contributed by atoms with van der Waals surface area (Å²) in [6.07, 6.45) is 3.77. The van der Waals surface area contributed by atoms with E-state index in [1.807, 2.05) is 0 Å². The van der Waals surface area contributed by atoms with Gasteiger partial charge in [-0.2, -0.15) is 18.4 Å². The van der Waals surface area contributed by atoms with Gasteiger partial charge in [0.2, 0.25) is 0 Å². The standard InChI is InChI=1S/C31H43F3N8S/c1-19(41-10-5-22(36)17-41)15-42-24(14-35)11-26-20(2)21(3-4-28(26)42)16-40-8-6-23(7-9-40)39-29-27-12-25(13-31(32,33)34)43-30(27)38-18-37-29/h11-12,18-23,26,28H,3-10,13,15-17,36H2,1-2H3,(H,37,38,39). The average Bonchev–Trinajstić information content (AvgIpc) is 3.67. The van der Waals surface area contributed by atoms with E-state index in [0.717, 1.165) is 82.0 Å². The largest absolute Gasteiger partial charge is 0.393 e. The molecule has 2 aromatic rings. The molecule has 0 bridgehead atoms. The number of hydrogen-bond acceptors (Lipinski definition) is 9. The fraction of sp³-hybridized carbons (Fsp3) is 0.710. The van der Waals surface area contributed by atoms with Crippen molar-refractivity contribution in [2.75, 3.05) is 44.6 Å². The van der Waals surface area contributed by atoms with Gasteiger partial charge in [0, 0.05) is 74.2 Å². The smallest absolute Gasteiger partial charge is 0.367 e. The van der Waals surface area contributed by atoms with Crippen LogP contribution in [0, 0.1) is 29.1 Å². The molecule has 5 heterocycles. The highest BCUT2D eigenvalue weighted by Crippen LogP contribution is 2.44. The topological polar surface area (TPSA) is 97.3 Å². The third kappa shape index (κ3) is 6.80. The number of nitriles is 1. The Labute approximate surface area is 256 Å². The zero-order valence-electron chi connectivity index (χ0n) is 25.1. The number of alkyl halides is 3. The molecule has 6 rings (SSSR count). The Bertz CT molecular complexity index is 1350. The molecule has 1 saturated carbocycles. The van der Waals surface area contributed by atoms with Crippen LogP contribution in [0.5, 0.6) is 0 Å². The minimum absolute atomic E-state index is 0.227. The number of fused-ring (bicyclic) bond motifs is 2. The van der Waals surface area contributed by atoms with Crippen LogP contribution in [0.15, 0.2) is 24.2 Å². The van der Waals surface area contributed by atoms with Crippen molar-refractivity contribution in [1.29, 1.82) is 5.26 Å². The maximum Gasteiger partial charge on any atom is 0.393 e. The first-order valence-corrected chi connectivity index (χ1v) is 16.6. The molecule has 6 atom stereocenters. The van der Waals surface area contributed by atoms with E-state index in [4.69, 9.17) is 5.73 Å². The summed E-state index contributed by atoms with van der Waals surface area (Å²) in [6, 6.07) is 5.37. The van der Waals surface area contributed by atoms with Crippen molar-refractivity contribution >= 4 is 27.4 Å². The van der Waals surface area contributed by atoms with E-state index in [-0.39, 0.29) is 17.0 Å². The van der Waals surface area contributed by atoms with E-state index in [1.165, 1.54) is 12.7 Å². The van der Waals surface area contributed by atoms with Gasteiger partial charge in [0.05, 0.1) is 11.8 Å². The summed E-state index contributed by atoms with van der Waals surface area (Å²) in [4.78, 5) is 16.9. The number of allylic oxidation sites excluding steroid dienone is 1. The van der Waals surface area contributed by atoms with Crippen molar-refractivity contribution in [1.82, 2.24) is 24.7 Å². The van der Waals surface area contributed by atoms with Gasteiger partial charge in [-0.05, 0) is 63.0 Å². The first kappa shape index (κ1) is 30.6. The molecule has 0 aromatic carbocycles. The number of anilines is 1. The van der Waals surface area contributed by atoms with Gasteiger partial charge in [-0.15, -0.1) is 11.3 Å². The predicted octanol–water partition coefficient (Wildman–Crippen LogP) is 4.85. The van der Waals surface area contributed by atoms with Gasteiger partial charge in [-0.3, -0.25) is 4.90 Å². The molecule has 2 aromatic heterocycles. The molecule has 234 valence electrons. The number of nitrogens with two attached hydrogens (primary N) is 1. The second-order valence-corrected chi connectivity index (χ2v) is 14.3. The van der Waals surface area contributed by atoms with Crippen molar-refractivity contribution in [3.05, 3.63) is 29.0 Å². The zero-order valence-corrected chi connectivity index (χ0v) is 25.9. The van der Waals surface area contributed by atoms with Crippen LogP contribution in [0.1, 0.15) is 50.8 Å². The lowest BCUT2D eigenvalue weighted by atomic mass is 9.70. The number of halogens is 3. The lowest BCUT2D eigenvalue weighted by Gasteiger charge is -2.44. The summed E-state index contributed by atoms with van der Waals surface area (Å²) in [5, 5.41) is 14.2. The van der Waals surface area contributed by atoms with Gasteiger partial charge >= 0.3 is 6.18 Å². The molecule has 0 radical (unpaired) electrons. The Kier molecular flexibility index (Phi) is 8.89. The zero-order chi connectivity index (χ0) is 30.3. The second kappa shape index (κ2) is 12.5. The summed E-state index contributed by atoms with van der Waals surface area (Å²) in [7, 11) is 0. The molecular weight excluding hydrogens is 573 g/mol. The normalized spacial score (nSPS) is 29.9. The van der Waals surface area contributed by atoms with Crippen molar-refractivity contribution in [2.24, 2.45) is 23.5 Å². The number of nitrogens with one attached hydrogen (secondary N) is 1. The fourth-order valence-corrected chi connectivity index (χ4v) is 8.91. The van der Waals surface area contributed by atoms with Gasteiger partial charge in [-0.25, -0.2) is 9.97 Å². The predicted molar refractivity (Wildman–Crippen MR) is 163 cm³/mol. The van der Waals surface area contributed by atoms with Gasteiger partial charge in [0.25, 0.3) is 0 Å². The summed E-state index contributed by atoms with van der Waals surface area (Å²) < 4.78 is 38.8. The van der Waals surface area contributed by atoms with Crippen LogP contribution in [0.3, 0.4) is 0 Å². The number of thiophene rings is 1. The van der Waals surface area contributed by atoms with Crippen LogP contribution >= 0.6 is 11.3 Å². The Morgan fingerprint density at radius 3 is 2.65 bits per heavy atom. The number of likely N-dealkylation sites (tertiary alicyclic amines) is 2. The monoisotopic (exact) mass is 616 g/mol. The Hall–Kier alpha value is -2.46. The number of piperidine rings is 1. The van der Waals surface area contributed by atoms with Gasteiger partial charge in [0.1, 0.15) is 28.7 Å². The number of hydrogen-bond donors (Lipinski definition) is 2. The maximum absolute atomic E-state index is 12.9. The molecule has 4 aliphatic rings. The van der Waals surface area contributed by atoms with E-state index in [1.54, 1.807) is 6.07 Å². The number of rotatable bonds is 8. The summed E-state index contributed by atoms with van der Waals surface area (Å²) in [5.74, 6) is 2.15. The Balaban J connectivity index is 1.01. The van der Waals surface area contributed by atoms with Crippen LogP contribution in [0.4, 0.5) is 19.0 Å². The van der Waals surface area contributed by atoms with E-state index in [9.17, 15) is 18.4 Å². The van der Waals surface area contributed by atoms with E-state index < -0.39 is 12.6 Å². The highest BCUT2D eigenvalue weighted by molar-refractivity contribution is 7.18. The molecule has 1 aliphatic carbocycles. The molecule has 8 nitrogen and oxygen atoms in total. The lowest BCUT2D eigenvalue weighted by Crippen LogP contribution is -2.49. The molecule has 0 spiro atoms. The highest BCUT2D eigenvalue weighted by Gasteiger charge is 2.44. The SMILES string of the molecule is CC1C(CN2CCC(Nc3ncnc4sc(CC(F)(F)F)cc34)CC2)CCC2C1C=C(C#N)N2CC(C)N1CCC(N)C1. The molecule has 3 fully saturated rings. The quantitative estimate of drug-likeness (QED) is 0.435. The molecule has 2 saturated heterocycles. The molecule has 43 heavy (non-hydrogen) atoms. The molecule has 3 aliphatic heterocycles. The average molecular weight is 617 g/mol. The lowest BCUT2D eigenvalue weighted by molar-refractivity contribution is -0.126. The van der Waals surface area contributed by atoms with Crippen LogP contribution in [-0.2, 0) is 6.42 Å². The summed E-state index contributed by atoms with van der Waals surface area (Å²) >= 11 is 1.09. The first-order valence-electron chi connectivity index (χ1n) is 15.7.